The van der Waals surface area contributed by atoms with Gasteiger partial charge < -0.3 is 16.2 Å². The predicted octanol–water partition coefficient (Wildman–Crippen LogP) is 2.50. The number of nitrogen functional groups attached to an aromatic ring is 1. The Morgan fingerprint density at radius 1 is 1.31 bits per heavy atom. The second-order valence-electron chi connectivity index (χ2n) is 6.65. The zero-order chi connectivity index (χ0) is 19.3. The van der Waals surface area contributed by atoms with Gasteiger partial charge in [-0.3, -0.25) is 9.63 Å². The van der Waals surface area contributed by atoms with Crippen LogP contribution in [0.4, 0.5) is 11.5 Å². The van der Waals surface area contributed by atoms with Crippen molar-refractivity contribution in [3.63, 3.8) is 0 Å². The predicted molar refractivity (Wildman–Crippen MR) is 103 cm³/mol. The maximum absolute atomic E-state index is 12.3. The van der Waals surface area contributed by atoms with Crippen molar-refractivity contribution in [3.8, 4) is 11.3 Å². The van der Waals surface area contributed by atoms with Gasteiger partial charge in [0.2, 0.25) is 0 Å². The maximum Gasteiger partial charge on any atom is 0.275 e. The van der Waals surface area contributed by atoms with E-state index in [9.17, 15) is 9.90 Å². The highest BCUT2D eigenvalue weighted by molar-refractivity contribution is 5.95. The molecule has 0 saturated heterocycles. The SMILES string of the molecule is CCNc1nc(-c2ccc(C(=O)NOC(C)(C)CO)c(C)c2)ccc1N. The Morgan fingerprint density at radius 3 is 2.65 bits per heavy atom. The van der Waals surface area contributed by atoms with Crippen molar-refractivity contribution < 1.29 is 14.7 Å². The van der Waals surface area contributed by atoms with E-state index in [1.165, 1.54) is 0 Å². The molecule has 0 aliphatic carbocycles. The Hall–Kier alpha value is -2.64. The number of aliphatic hydroxyl groups is 1. The topological polar surface area (TPSA) is 110 Å². The lowest BCUT2D eigenvalue weighted by atomic mass is 10.0. The molecule has 0 saturated carbocycles. The number of nitrogens with zero attached hydrogens (tertiary/aromatic N) is 1. The number of amides is 1. The van der Waals surface area contributed by atoms with Gasteiger partial charge in [-0.2, -0.15) is 0 Å². The Balaban J connectivity index is 2.22. The van der Waals surface area contributed by atoms with E-state index >= 15 is 0 Å². The molecule has 7 nitrogen and oxygen atoms in total. The summed E-state index contributed by atoms with van der Waals surface area (Å²) in [6.07, 6.45) is 0. The van der Waals surface area contributed by atoms with E-state index in [1.807, 2.05) is 32.0 Å². The summed E-state index contributed by atoms with van der Waals surface area (Å²) in [5.41, 5.74) is 11.0. The number of hydrogen-bond acceptors (Lipinski definition) is 6. The van der Waals surface area contributed by atoms with Gasteiger partial charge >= 0.3 is 0 Å². The molecule has 0 unspecified atom stereocenters. The number of carbonyl (C=O) groups excluding carboxylic acids is 1. The number of rotatable bonds is 7. The normalized spacial score (nSPS) is 11.3. The fourth-order valence-corrected chi connectivity index (χ4v) is 2.29. The summed E-state index contributed by atoms with van der Waals surface area (Å²) >= 11 is 0. The van der Waals surface area contributed by atoms with E-state index in [2.05, 4.69) is 15.8 Å². The van der Waals surface area contributed by atoms with Gasteiger partial charge in [0, 0.05) is 17.7 Å². The number of nitrogens with two attached hydrogens (primary N) is 1. The number of benzene rings is 1. The lowest BCUT2D eigenvalue weighted by Gasteiger charge is -2.22. The summed E-state index contributed by atoms with van der Waals surface area (Å²) in [6.45, 7) is 7.70. The van der Waals surface area contributed by atoms with Gasteiger partial charge in [0.15, 0.2) is 0 Å². The number of hydrogen-bond donors (Lipinski definition) is 4. The van der Waals surface area contributed by atoms with Crippen LogP contribution in [-0.4, -0.2) is 34.8 Å². The average Bonchev–Trinajstić information content (AvgIpc) is 2.62. The fraction of sp³-hybridized carbons (Fsp3) is 0.368. The molecule has 1 amide bonds. The lowest BCUT2D eigenvalue weighted by Crippen LogP contribution is -2.38. The molecule has 2 rings (SSSR count). The van der Waals surface area contributed by atoms with Crippen molar-refractivity contribution in [3.05, 3.63) is 41.5 Å². The summed E-state index contributed by atoms with van der Waals surface area (Å²) in [5.74, 6) is 0.276. The van der Waals surface area contributed by atoms with Gasteiger partial charge in [-0.1, -0.05) is 6.07 Å². The summed E-state index contributed by atoms with van der Waals surface area (Å²) in [5, 5.41) is 12.3. The number of carbonyl (C=O) groups is 1. The molecule has 1 heterocycles. The summed E-state index contributed by atoms with van der Waals surface area (Å²) in [7, 11) is 0. The van der Waals surface area contributed by atoms with Crippen LogP contribution in [0.25, 0.3) is 11.3 Å². The molecule has 0 fully saturated rings. The molecular formula is C19H26N4O3. The van der Waals surface area contributed by atoms with Crippen molar-refractivity contribution in [1.82, 2.24) is 10.5 Å². The lowest BCUT2D eigenvalue weighted by molar-refractivity contribution is -0.0956. The van der Waals surface area contributed by atoms with Crippen LogP contribution in [0.2, 0.25) is 0 Å². The molecule has 1 aromatic heterocycles. The van der Waals surface area contributed by atoms with Crippen LogP contribution in [0, 0.1) is 6.92 Å². The minimum atomic E-state index is -0.847. The first-order valence-electron chi connectivity index (χ1n) is 8.48. The Labute approximate surface area is 153 Å². The van der Waals surface area contributed by atoms with E-state index in [1.54, 1.807) is 26.0 Å². The molecule has 0 atom stereocenters. The van der Waals surface area contributed by atoms with E-state index in [0.29, 0.717) is 17.1 Å². The number of nitrogens with one attached hydrogen (secondary N) is 2. The molecule has 2 aromatic rings. The van der Waals surface area contributed by atoms with Gasteiger partial charge in [-0.25, -0.2) is 10.5 Å². The third-order valence-electron chi connectivity index (χ3n) is 3.84. The van der Waals surface area contributed by atoms with Crippen molar-refractivity contribution >= 4 is 17.4 Å². The number of aromatic nitrogens is 1. The summed E-state index contributed by atoms with van der Waals surface area (Å²) in [6, 6.07) is 9.09. The highest BCUT2D eigenvalue weighted by Gasteiger charge is 2.20. The zero-order valence-corrected chi connectivity index (χ0v) is 15.6. The smallest absolute Gasteiger partial charge is 0.275 e. The Kier molecular flexibility index (Phi) is 6.18. The first-order chi connectivity index (χ1) is 12.3. The van der Waals surface area contributed by atoms with E-state index in [0.717, 1.165) is 23.4 Å². The highest BCUT2D eigenvalue weighted by Crippen LogP contribution is 2.25. The average molecular weight is 358 g/mol. The van der Waals surface area contributed by atoms with Crippen molar-refractivity contribution in [2.75, 3.05) is 24.2 Å². The second-order valence-corrected chi connectivity index (χ2v) is 6.65. The van der Waals surface area contributed by atoms with E-state index in [-0.39, 0.29) is 12.5 Å². The number of aryl methyl sites for hydroxylation is 1. The molecule has 0 spiro atoms. The van der Waals surface area contributed by atoms with Crippen LogP contribution in [0.3, 0.4) is 0 Å². The molecule has 0 aliphatic rings. The minimum Gasteiger partial charge on any atom is -0.396 e. The molecule has 0 bridgehead atoms. The molecule has 1 aromatic carbocycles. The maximum atomic E-state index is 12.3. The number of aliphatic hydroxyl groups excluding tert-OH is 1. The van der Waals surface area contributed by atoms with E-state index in [4.69, 9.17) is 10.6 Å². The summed E-state index contributed by atoms with van der Waals surface area (Å²) < 4.78 is 0. The molecular weight excluding hydrogens is 332 g/mol. The van der Waals surface area contributed by atoms with Gasteiger partial charge in [0.05, 0.1) is 18.0 Å². The van der Waals surface area contributed by atoms with Crippen LogP contribution >= 0.6 is 0 Å². The van der Waals surface area contributed by atoms with Crippen LogP contribution < -0.4 is 16.5 Å². The standard InChI is InChI=1S/C19H26N4O3/c1-5-21-17-15(20)8-9-16(22-17)13-6-7-14(12(2)10-13)18(25)23-26-19(3,4)11-24/h6-10,24H,5,11,20H2,1-4H3,(H,21,22)(H,23,25). The number of hydroxylamine groups is 1. The van der Waals surface area contributed by atoms with Crippen molar-refractivity contribution in [1.29, 1.82) is 0 Å². The first kappa shape index (κ1) is 19.7. The molecule has 0 aliphatic heterocycles. The van der Waals surface area contributed by atoms with Gasteiger partial charge in [0.25, 0.3) is 5.91 Å². The van der Waals surface area contributed by atoms with Crippen LogP contribution in [0.5, 0.6) is 0 Å². The van der Waals surface area contributed by atoms with Crippen LogP contribution in [0.15, 0.2) is 30.3 Å². The minimum absolute atomic E-state index is 0.206. The second kappa shape index (κ2) is 8.16. The molecule has 5 N–H and O–H groups in total. The molecule has 0 radical (unpaired) electrons. The number of pyridine rings is 1. The molecule has 140 valence electrons. The molecule has 7 heteroatoms. The third kappa shape index (κ3) is 4.71. The fourth-order valence-electron chi connectivity index (χ4n) is 2.29. The van der Waals surface area contributed by atoms with Gasteiger partial charge in [0.1, 0.15) is 11.4 Å². The number of anilines is 2. The van der Waals surface area contributed by atoms with Crippen molar-refractivity contribution in [2.45, 2.75) is 33.3 Å². The largest absolute Gasteiger partial charge is 0.396 e. The monoisotopic (exact) mass is 358 g/mol. The zero-order valence-electron chi connectivity index (χ0n) is 15.6. The van der Waals surface area contributed by atoms with Crippen LogP contribution in [0.1, 0.15) is 36.7 Å². The Bertz CT molecular complexity index is 790. The molecule has 26 heavy (non-hydrogen) atoms. The quantitative estimate of drug-likeness (QED) is 0.566. The van der Waals surface area contributed by atoms with E-state index < -0.39 is 5.60 Å². The first-order valence-corrected chi connectivity index (χ1v) is 8.48. The van der Waals surface area contributed by atoms with Crippen LogP contribution in [-0.2, 0) is 4.84 Å². The Morgan fingerprint density at radius 2 is 2.04 bits per heavy atom. The highest BCUT2D eigenvalue weighted by atomic mass is 16.7. The van der Waals surface area contributed by atoms with Gasteiger partial charge in [-0.05, 0) is 57.5 Å². The van der Waals surface area contributed by atoms with Crippen molar-refractivity contribution in [2.24, 2.45) is 0 Å². The van der Waals surface area contributed by atoms with Gasteiger partial charge in [-0.15, -0.1) is 0 Å². The third-order valence-corrected chi connectivity index (χ3v) is 3.84. The summed E-state index contributed by atoms with van der Waals surface area (Å²) in [4.78, 5) is 22.1.